The minimum atomic E-state index is -4.09. The Hall–Kier alpha value is -3.12. The van der Waals surface area contributed by atoms with E-state index in [1.54, 1.807) is 16.2 Å². The number of ether oxygens (including phenoxy) is 1. The molecule has 1 aliphatic rings. The van der Waals surface area contributed by atoms with E-state index in [1.807, 2.05) is 49.6 Å². The normalized spacial score (nSPS) is 15.4. The molecule has 2 heterocycles. The largest absolute Gasteiger partial charge is 0.382 e. The third-order valence-corrected chi connectivity index (χ3v) is 9.43. The van der Waals surface area contributed by atoms with Crippen molar-refractivity contribution in [3.63, 3.8) is 0 Å². The molecule has 0 saturated carbocycles. The molecule has 0 saturated heterocycles. The predicted molar refractivity (Wildman–Crippen MR) is 146 cm³/mol. The van der Waals surface area contributed by atoms with Crippen molar-refractivity contribution in [3.05, 3.63) is 91.7 Å². The number of nitro benzene ring substituents is 1. The summed E-state index contributed by atoms with van der Waals surface area (Å²) < 4.78 is 33.7. The number of thiophene rings is 1. The van der Waals surface area contributed by atoms with Crippen molar-refractivity contribution < 1.29 is 22.9 Å². The zero-order valence-electron chi connectivity index (χ0n) is 21.4. The van der Waals surface area contributed by atoms with E-state index < -0.39 is 14.9 Å². The fourth-order valence-corrected chi connectivity index (χ4v) is 6.93. The number of nitro groups is 1. The van der Waals surface area contributed by atoms with Gasteiger partial charge in [-0.15, -0.1) is 11.3 Å². The highest BCUT2D eigenvalue weighted by molar-refractivity contribution is 7.89. The van der Waals surface area contributed by atoms with Gasteiger partial charge in [-0.05, 0) is 61.4 Å². The van der Waals surface area contributed by atoms with Crippen LogP contribution >= 0.6 is 11.3 Å². The van der Waals surface area contributed by atoms with Gasteiger partial charge in [0, 0.05) is 43.3 Å². The average molecular weight is 558 g/mol. The number of amides is 1. The van der Waals surface area contributed by atoms with Crippen molar-refractivity contribution >= 4 is 33.0 Å². The van der Waals surface area contributed by atoms with Gasteiger partial charge >= 0.3 is 0 Å². The Labute approximate surface area is 226 Å². The molecule has 3 aromatic rings. The molecule has 0 aliphatic carbocycles. The number of fused-ring (bicyclic) bond motifs is 1. The number of hydrogen-bond acceptors (Lipinski definition) is 7. The maximum Gasteiger partial charge on any atom is 0.269 e. The van der Waals surface area contributed by atoms with Crippen LogP contribution in [0.25, 0.3) is 0 Å². The summed E-state index contributed by atoms with van der Waals surface area (Å²) in [6.07, 6.45) is 1.12. The van der Waals surface area contributed by atoms with Crippen LogP contribution < -0.4 is 0 Å². The first kappa shape index (κ1) is 27.9. The van der Waals surface area contributed by atoms with Gasteiger partial charge in [0.2, 0.25) is 15.9 Å². The number of rotatable bonds is 11. The second-order valence-electron chi connectivity index (χ2n) is 9.09. The van der Waals surface area contributed by atoms with Crippen LogP contribution in [0.15, 0.2) is 64.9 Å². The molecular weight excluding hydrogens is 526 g/mol. The number of non-ortho nitro benzene ring substituents is 1. The van der Waals surface area contributed by atoms with Crippen LogP contribution in [0.1, 0.15) is 41.0 Å². The fraction of sp³-hybridized carbons (Fsp3) is 0.370. The summed E-state index contributed by atoms with van der Waals surface area (Å²) in [7, 11) is -4.09. The Morgan fingerprint density at radius 1 is 1.16 bits per heavy atom. The molecule has 0 spiro atoms. The van der Waals surface area contributed by atoms with Gasteiger partial charge < -0.3 is 9.64 Å². The number of nitrogens with zero attached hydrogens (tertiary/aromatic N) is 3. The van der Waals surface area contributed by atoms with E-state index in [9.17, 15) is 23.3 Å². The first-order valence-corrected chi connectivity index (χ1v) is 14.8. The molecule has 11 heteroatoms. The Balaban J connectivity index is 1.63. The molecule has 1 atom stereocenters. The topological polar surface area (TPSA) is 110 Å². The molecule has 1 amide bonds. The maximum absolute atomic E-state index is 13.8. The Bertz CT molecular complexity index is 1370. The Morgan fingerprint density at radius 2 is 1.87 bits per heavy atom. The Morgan fingerprint density at radius 3 is 2.53 bits per heavy atom. The lowest BCUT2D eigenvalue weighted by molar-refractivity contribution is -0.384. The highest BCUT2D eigenvalue weighted by Crippen LogP contribution is 2.38. The van der Waals surface area contributed by atoms with Gasteiger partial charge in [0.25, 0.3) is 5.69 Å². The van der Waals surface area contributed by atoms with Crippen LogP contribution in [0.3, 0.4) is 0 Å². The van der Waals surface area contributed by atoms with Gasteiger partial charge in [-0.3, -0.25) is 14.9 Å². The lowest BCUT2D eigenvalue weighted by Crippen LogP contribution is -2.47. The molecule has 38 heavy (non-hydrogen) atoms. The standard InChI is InChI=1S/C27H31N3O6S2/c1-3-36-17-4-15-28(38(34,35)23-11-9-22(10-12-23)30(32)33)19-26(31)29-16-13-25-24(14-18-37-25)27(29)21-7-5-20(2)6-8-21/h5-12,14,18,27H,3-4,13,15-17,19H2,1-2H3. The van der Waals surface area contributed by atoms with Crippen LogP contribution in [0.2, 0.25) is 0 Å². The molecule has 0 N–H and O–H groups in total. The van der Waals surface area contributed by atoms with Crippen molar-refractivity contribution in [2.24, 2.45) is 0 Å². The smallest absolute Gasteiger partial charge is 0.269 e. The molecule has 0 radical (unpaired) electrons. The molecule has 0 bridgehead atoms. The predicted octanol–water partition coefficient (Wildman–Crippen LogP) is 4.56. The van der Waals surface area contributed by atoms with Gasteiger partial charge in [0.1, 0.15) is 0 Å². The minimum Gasteiger partial charge on any atom is -0.382 e. The lowest BCUT2D eigenvalue weighted by Gasteiger charge is -2.37. The number of carbonyl (C=O) groups is 1. The molecule has 1 aromatic heterocycles. The second kappa shape index (κ2) is 12.2. The third-order valence-electron chi connectivity index (χ3n) is 6.58. The van der Waals surface area contributed by atoms with Crippen LogP contribution in [0.4, 0.5) is 5.69 Å². The van der Waals surface area contributed by atoms with Gasteiger partial charge in [-0.2, -0.15) is 4.31 Å². The zero-order valence-corrected chi connectivity index (χ0v) is 23.0. The summed E-state index contributed by atoms with van der Waals surface area (Å²) >= 11 is 1.67. The molecule has 4 rings (SSSR count). The van der Waals surface area contributed by atoms with E-state index in [-0.39, 0.29) is 35.6 Å². The Kier molecular flexibility index (Phi) is 8.93. The van der Waals surface area contributed by atoms with E-state index in [2.05, 4.69) is 0 Å². The highest BCUT2D eigenvalue weighted by atomic mass is 32.2. The van der Waals surface area contributed by atoms with E-state index in [0.29, 0.717) is 32.6 Å². The van der Waals surface area contributed by atoms with E-state index >= 15 is 0 Å². The number of aryl methyl sites for hydroxylation is 1. The maximum atomic E-state index is 13.8. The zero-order chi connectivity index (χ0) is 27.3. The third kappa shape index (κ3) is 6.12. The summed E-state index contributed by atoms with van der Waals surface area (Å²) in [5.74, 6) is -0.297. The monoisotopic (exact) mass is 557 g/mol. The highest BCUT2D eigenvalue weighted by Gasteiger charge is 2.35. The fourth-order valence-electron chi connectivity index (χ4n) is 4.60. The number of hydrogen-bond donors (Lipinski definition) is 0. The van der Waals surface area contributed by atoms with Gasteiger partial charge in [-0.1, -0.05) is 29.8 Å². The number of carbonyl (C=O) groups excluding carboxylic acids is 1. The van der Waals surface area contributed by atoms with E-state index in [1.165, 1.54) is 17.0 Å². The second-order valence-corrected chi connectivity index (χ2v) is 12.0. The lowest BCUT2D eigenvalue weighted by atomic mass is 9.92. The van der Waals surface area contributed by atoms with E-state index in [0.717, 1.165) is 33.1 Å². The van der Waals surface area contributed by atoms with Gasteiger partial charge in [0.15, 0.2) is 0 Å². The summed E-state index contributed by atoms with van der Waals surface area (Å²) in [5.41, 5.74) is 2.95. The van der Waals surface area contributed by atoms with Crippen LogP contribution in [0.5, 0.6) is 0 Å². The summed E-state index contributed by atoms with van der Waals surface area (Å²) in [6, 6.07) is 14.5. The van der Waals surface area contributed by atoms with Crippen molar-refractivity contribution in [1.29, 1.82) is 0 Å². The SMILES string of the molecule is CCOCCCN(CC(=O)N1CCc2sccc2C1c1ccc(C)cc1)S(=O)(=O)c1ccc([N+](=O)[O-])cc1. The quantitative estimate of drug-likeness (QED) is 0.194. The van der Waals surface area contributed by atoms with E-state index in [4.69, 9.17) is 4.74 Å². The van der Waals surface area contributed by atoms with Crippen molar-refractivity contribution in [3.8, 4) is 0 Å². The summed E-state index contributed by atoms with van der Waals surface area (Å²) in [5, 5.41) is 13.1. The molecule has 1 unspecified atom stereocenters. The first-order chi connectivity index (χ1) is 18.2. The molecule has 1 aliphatic heterocycles. The molecule has 2 aromatic carbocycles. The molecule has 9 nitrogen and oxygen atoms in total. The van der Waals surface area contributed by atoms with Crippen LogP contribution in [-0.4, -0.2) is 61.3 Å². The molecular formula is C27H31N3O6S2. The van der Waals surface area contributed by atoms with Crippen molar-refractivity contribution in [1.82, 2.24) is 9.21 Å². The summed E-state index contributed by atoms with van der Waals surface area (Å²) in [4.78, 5) is 27.2. The number of benzene rings is 2. The van der Waals surface area contributed by atoms with Gasteiger partial charge in [0.05, 0.1) is 22.4 Å². The molecule has 0 fully saturated rings. The van der Waals surface area contributed by atoms with Crippen molar-refractivity contribution in [2.75, 3.05) is 32.8 Å². The molecule has 202 valence electrons. The first-order valence-electron chi connectivity index (χ1n) is 12.5. The minimum absolute atomic E-state index is 0.0812. The summed E-state index contributed by atoms with van der Waals surface area (Å²) in [6.45, 7) is 4.94. The van der Waals surface area contributed by atoms with Crippen LogP contribution in [0, 0.1) is 17.0 Å². The number of sulfonamides is 1. The average Bonchev–Trinajstić information content (AvgIpc) is 3.39. The van der Waals surface area contributed by atoms with Gasteiger partial charge in [-0.25, -0.2) is 8.42 Å². The van der Waals surface area contributed by atoms with Crippen molar-refractivity contribution in [2.45, 2.75) is 37.6 Å². The van der Waals surface area contributed by atoms with Crippen LogP contribution in [-0.2, 0) is 26.0 Å².